The molecule has 0 aliphatic carbocycles. The van der Waals surface area contributed by atoms with Crippen LogP contribution in [0.5, 0.6) is 0 Å². The van der Waals surface area contributed by atoms with Crippen LogP contribution in [0.4, 0.5) is 5.69 Å². The van der Waals surface area contributed by atoms with Crippen molar-refractivity contribution >= 4 is 39.2 Å². The summed E-state index contributed by atoms with van der Waals surface area (Å²) in [5.41, 5.74) is 1.12. The number of hydrogen-bond acceptors (Lipinski definition) is 5. The first kappa shape index (κ1) is 23.1. The highest BCUT2D eigenvalue weighted by atomic mass is 35.5. The number of carbonyl (C=O) groups is 2. The Morgan fingerprint density at radius 2 is 1.77 bits per heavy atom. The summed E-state index contributed by atoms with van der Waals surface area (Å²) in [6, 6.07) is 12.9. The maximum Gasteiger partial charge on any atom is 0.308 e. The van der Waals surface area contributed by atoms with Crippen LogP contribution < -0.4 is 4.31 Å². The van der Waals surface area contributed by atoms with Gasteiger partial charge in [-0.2, -0.15) is 0 Å². The lowest BCUT2D eigenvalue weighted by molar-refractivity contribution is -0.148. The zero-order valence-electron chi connectivity index (χ0n) is 17.5. The van der Waals surface area contributed by atoms with E-state index in [1.165, 1.54) is 19.2 Å². The number of piperidine rings is 1. The third-order valence-corrected chi connectivity index (χ3v) is 7.63. The summed E-state index contributed by atoms with van der Waals surface area (Å²) in [5.74, 6) is -0.858. The molecule has 9 heteroatoms. The van der Waals surface area contributed by atoms with Crippen molar-refractivity contribution in [2.75, 3.05) is 31.0 Å². The number of sulfonamides is 1. The first-order chi connectivity index (χ1) is 14.7. The first-order valence-corrected chi connectivity index (χ1v) is 11.8. The number of nitrogens with zero attached hydrogens (tertiary/aromatic N) is 2. The van der Waals surface area contributed by atoms with Gasteiger partial charge < -0.3 is 9.64 Å². The molecule has 0 aromatic heterocycles. The van der Waals surface area contributed by atoms with Crippen molar-refractivity contribution in [3.8, 4) is 0 Å². The molecule has 3 rings (SSSR count). The van der Waals surface area contributed by atoms with E-state index in [1.54, 1.807) is 41.3 Å². The fourth-order valence-corrected chi connectivity index (χ4v) is 5.13. The highest BCUT2D eigenvalue weighted by Gasteiger charge is 2.32. The van der Waals surface area contributed by atoms with Crippen molar-refractivity contribution in [2.45, 2.75) is 24.7 Å². The number of carbonyl (C=O) groups excluding carboxylic acids is 2. The number of hydrogen-bond donors (Lipinski definition) is 0. The van der Waals surface area contributed by atoms with Crippen molar-refractivity contribution in [3.05, 3.63) is 59.1 Å². The minimum absolute atomic E-state index is 0.0869. The van der Waals surface area contributed by atoms with Crippen molar-refractivity contribution in [1.29, 1.82) is 0 Å². The summed E-state index contributed by atoms with van der Waals surface area (Å²) in [5, 5.41) is 0.414. The Labute approximate surface area is 187 Å². The topological polar surface area (TPSA) is 84.0 Å². The molecule has 0 radical (unpaired) electrons. The van der Waals surface area contributed by atoms with Gasteiger partial charge in [-0.05, 0) is 49.6 Å². The van der Waals surface area contributed by atoms with E-state index in [-0.39, 0.29) is 29.2 Å². The lowest BCUT2D eigenvalue weighted by atomic mass is 9.97. The molecule has 1 aliphatic heterocycles. The summed E-state index contributed by atoms with van der Waals surface area (Å²) >= 11 is 6.24. The van der Waals surface area contributed by atoms with Gasteiger partial charge in [0.2, 0.25) is 5.91 Å². The Hall–Kier alpha value is -2.58. The molecule has 1 heterocycles. The average molecular weight is 465 g/mol. The SMILES string of the molecule is COC(=O)C1CCN(C(=O)CN(c2ccc(C)c(Cl)c2)S(=O)(=O)c2ccccc2)CC1. The molecule has 0 atom stereocenters. The van der Waals surface area contributed by atoms with Gasteiger partial charge in [-0.1, -0.05) is 35.9 Å². The van der Waals surface area contributed by atoms with Crippen LogP contribution in [-0.2, 0) is 24.3 Å². The van der Waals surface area contributed by atoms with Crippen LogP contribution in [0.3, 0.4) is 0 Å². The molecular formula is C22H25ClN2O5S. The third-order valence-electron chi connectivity index (χ3n) is 5.44. The van der Waals surface area contributed by atoms with Crippen LogP contribution >= 0.6 is 11.6 Å². The van der Waals surface area contributed by atoms with Crippen LogP contribution in [0.15, 0.2) is 53.4 Å². The molecular weight excluding hydrogens is 440 g/mol. The van der Waals surface area contributed by atoms with E-state index >= 15 is 0 Å². The molecule has 1 aliphatic rings. The average Bonchev–Trinajstić information content (AvgIpc) is 2.79. The molecule has 1 saturated heterocycles. The lowest BCUT2D eigenvalue weighted by Crippen LogP contribution is -2.46. The van der Waals surface area contributed by atoms with E-state index in [0.717, 1.165) is 9.87 Å². The number of esters is 1. The number of halogens is 1. The normalized spacial score (nSPS) is 14.9. The van der Waals surface area contributed by atoms with Crippen molar-refractivity contribution in [3.63, 3.8) is 0 Å². The number of ether oxygens (including phenoxy) is 1. The molecule has 166 valence electrons. The number of benzene rings is 2. The Kier molecular flexibility index (Phi) is 7.23. The maximum absolute atomic E-state index is 13.4. The molecule has 0 spiro atoms. The minimum Gasteiger partial charge on any atom is -0.469 e. The van der Waals surface area contributed by atoms with E-state index in [0.29, 0.717) is 36.6 Å². The fourth-order valence-electron chi connectivity index (χ4n) is 3.53. The van der Waals surface area contributed by atoms with Gasteiger partial charge in [0.1, 0.15) is 6.54 Å². The van der Waals surface area contributed by atoms with Crippen molar-refractivity contribution in [2.24, 2.45) is 5.92 Å². The predicted molar refractivity (Wildman–Crippen MR) is 118 cm³/mol. The van der Waals surface area contributed by atoms with Crippen LogP contribution in [0.1, 0.15) is 18.4 Å². The second-order valence-corrected chi connectivity index (χ2v) is 9.71. The first-order valence-electron chi connectivity index (χ1n) is 9.93. The molecule has 1 fully saturated rings. The molecule has 31 heavy (non-hydrogen) atoms. The Balaban J connectivity index is 1.86. The smallest absolute Gasteiger partial charge is 0.308 e. The molecule has 0 saturated carbocycles. The van der Waals surface area contributed by atoms with Crippen LogP contribution in [0.2, 0.25) is 5.02 Å². The van der Waals surface area contributed by atoms with Gasteiger partial charge in [0.15, 0.2) is 0 Å². The number of likely N-dealkylation sites (tertiary alicyclic amines) is 1. The van der Waals surface area contributed by atoms with Crippen LogP contribution in [-0.4, -0.2) is 51.9 Å². The summed E-state index contributed by atoms with van der Waals surface area (Å²) in [6.45, 7) is 2.19. The standard InChI is InChI=1S/C22H25ClN2O5S/c1-16-8-9-18(14-20(16)23)25(31(28,29)19-6-4-3-5-7-19)15-21(26)24-12-10-17(11-13-24)22(27)30-2/h3-9,14,17H,10-13,15H2,1-2H3. The Morgan fingerprint density at radius 1 is 1.13 bits per heavy atom. The van der Waals surface area contributed by atoms with E-state index in [2.05, 4.69) is 0 Å². The molecule has 2 aromatic rings. The molecule has 0 unspecified atom stereocenters. The van der Waals surface area contributed by atoms with Gasteiger partial charge in [-0.15, -0.1) is 0 Å². The second-order valence-electron chi connectivity index (χ2n) is 7.44. The zero-order valence-corrected chi connectivity index (χ0v) is 19.0. The maximum atomic E-state index is 13.4. The molecule has 7 nitrogen and oxygen atoms in total. The summed E-state index contributed by atoms with van der Waals surface area (Å²) in [4.78, 5) is 26.4. The lowest BCUT2D eigenvalue weighted by Gasteiger charge is -2.33. The van der Waals surface area contributed by atoms with E-state index in [4.69, 9.17) is 16.3 Å². The second kappa shape index (κ2) is 9.70. The Morgan fingerprint density at radius 3 is 2.35 bits per heavy atom. The number of anilines is 1. The highest BCUT2D eigenvalue weighted by Crippen LogP contribution is 2.28. The van der Waals surface area contributed by atoms with Gasteiger partial charge in [0, 0.05) is 18.1 Å². The summed E-state index contributed by atoms with van der Waals surface area (Å²) < 4.78 is 32.6. The van der Waals surface area contributed by atoms with Crippen LogP contribution in [0, 0.1) is 12.8 Å². The van der Waals surface area contributed by atoms with E-state index in [1.807, 2.05) is 6.92 Å². The quantitative estimate of drug-likeness (QED) is 0.613. The summed E-state index contributed by atoms with van der Waals surface area (Å²) in [7, 11) is -2.65. The number of amides is 1. The number of rotatable bonds is 6. The monoisotopic (exact) mass is 464 g/mol. The minimum atomic E-state index is -3.99. The van der Waals surface area contributed by atoms with Gasteiger partial charge in [0.05, 0.1) is 23.6 Å². The molecule has 0 N–H and O–H groups in total. The Bertz CT molecular complexity index is 1050. The van der Waals surface area contributed by atoms with Gasteiger partial charge in [0.25, 0.3) is 10.0 Å². The largest absolute Gasteiger partial charge is 0.469 e. The number of methoxy groups -OCH3 is 1. The van der Waals surface area contributed by atoms with Crippen molar-refractivity contribution < 1.29 is 22.7 Å². The van der Waals surface area contributed by atoms with Crippen LogP contribution in [0.25, 0.3) is 0 Å². The third kappa shape index (κ3) is 5.19. The van der Waals surface area contributed by atoms with E-state index < -0.39 is 10.0 Å². The van der Waals surface area contributed by atoms with E-state index in [9.17, 15) is 18.0 Å². The molecule has 2 aromatic carbocycles. The fraction of sp³-hybridized carbons (Fsp3) is 0.364. The van der Waals surface area contributed by atoms with Crippen molar-refractivity contribution in [1.82, 2.24) is 4.90 Å². The zero-order chi connectivity index (χ0) is 22.6. The predicted octanol–water partition coefficient (Wildman–Crippen LogP) is 3.26. The highest BCUT2D eigenvalue weighted by molar-refractivity contribution is 7.92. The number of aryl methyl sites for hydroxylation is 1. The van der Waals surface area contributed by atoms with Gasteiger partial charge >= 0.3 is 5.97 Å². The summed E-state index contributed by atoms with van der Waals surface area (Å²) in [6.07, 6.45) is 0.973. The molecule has 1 amide bonds. The van der Waals surface area contributed by atoms with Gasteiger partial charge in [-0.3, -0.25) is 13.9 Å². The molecule has 0 bridgehead atoms. The van der Waals surface area contributed by atoms with Gasteiger partial charge in [-0.25, -0.2) is 8.42 Å².